The van der Waals surface area contributed by atoms with Crippen molar-refractivity contribution >= 4 is 11.8 Å². The number of carbonyl (C=O) groups excluding carboxylic acids is 2. The van der Waals surface area contributed by atoms with Crippen molar-refractivity contribution < 1.29 is 24.2 Å². The summed E-state index contributed by atoms with van der Waals surface area (Å²) < 4.78 is 11.6. The third-order valence-electron chi connectivity index (χ3n) is 4.59. The van der Waals surface area contributed by atoms with E-state index in [1.807, 2.05) is 13.8 Å². The van der Waals surface area contributed by atoms with Crippen LogP contribution in [0.15, 0.2) is 0 Å². The van der Waals surface area contributed by atoms with Crippen molar-refractivity contribution in [2.45, 2.75) is 70.3 Å². The van der Waals surface area contributed by atoms with Crippen LogP contribution in [0, 0.1) is 0 Å². The molecule has 0 aromatic heterocycles. The van der Waals surface area contributed by atoms with Gasteiger partial charge in [-0.25, -0.2) is 0 Å². The highest BCUT2D eigenvalue weighted by atomic mass is 16.5. The zero-order valence-corrected chi connectivity index (χ0v) is 14.7. The van der Waals surface area contributed by atoms with Crippen LogP contribution >= 0.6 is 0 Å². The number of hydrogen-bond donors (Lipinski definition) is 2. The minimum Gasteiger partial charge on any atom is -0.389 e. The summed E-state index contributed by atoms with van der Waals surface area (Å²) in [4.78, 5) is 25.9. The summed E-state index contributed by atoms with van der Waals surface area (Å²) in [7, 11) is 0. The highest BCUT2D eigenvalue weighted by Gasteiger charge is 2.39. The predicted octanol–water partition coefficient (Wildman–Crippen LogP) is 0.449. The fraction of sp³-hybridized carbons (Fsp3) is 0.882. The molecular formula is C17H30N2O5. The number of fused-ring (bicyclic) bond motifs is 1. The Morgan fingerprint density at radius 2 is 2.04 bits per heavy atom. The van der Waals surface area contributed by atoms with Gasteiger partial charge >= 0.3 is 0 Å². The number of nitrogens with one attached hydrogen (secondary N) is 1. The maximum atomic E-state index is 12.3. The van der Waals surface area contributed by atoms with Crippen molar-refractivity contribution in [3.63, 3.8) is 0 Å². The number of carbonyl (C=O) groups is 2. The summed E-state index contributed by atoms with van der Waals surface area (Å²) >= 11 is 0. The van der Waals surface area contributed by atoms with Gasteiger partial charge in [0.1, 0.15) is 6.10 Å². The first-order valence-corrected chi connectivity index (χ1v) is 9.02. The Morgan fingerprint density at radius 3 is 2.75 bits per heavy atom. The molecule has 0 radical (unpaired) electrons. The molecule has 7 heteroatoms. The average Bonchev–Trinajstić information content (AvgIpc) is 2.56. The van der Waals surface area contributed by atoms with Gasteiger partial charge in [-0.1, -0.05) is 13.8 Å². The van der Waals surface area contributed by atoms with E-state index in [1.165, 1.54) is 0 Å². The number of β-amino-alcohol motifs (C(OH)–C–C–N with tert-alkyl or cyclic N) is 1. The number of hydrogen-bond acceptors (Lipinski definition) is 5. The van der Waals surface area contributed by atoms with E-state index in [9.17, 15) is 14.7 Å². The molecule has 2 aliphatic heterocycles. The maximum absolute atomic E-state index is 12.3. The number of nitrogens with zero attached hydrogens (tertiary/aromatic N) is 1. The van der Waals surface area contributed by atoms with Crippen LogP contribution in [-0.2, 0) is 19.1 Å². The van der Waals surface area contributed by atoms with Crippen LogP contribution in [0.4, 0.5) is 0 Å². The van der Waals surface area contributed by atoms with Crippen LogP contribution in [0.5, 0.6) is 0 Å². The zero-order valence-electron chi connectivity index (χ0n) is 14.7. The number of aliphatic hydroxyl groups is 1. The molecule has 4 atom stereocenters. The molecule has 138 valence electrons. The van der Waals surface area contributed by atoms with Gasteiger partial charge in [-0.15, -0.1) is 0 Å². The van der Waals surface area contributed by atoms with Gasteiger partial charge in [0.25, 0.3) is 0 Å². The molecule has 2 fully saturated rings. The largest absolute Gasteiger partial charge is 0.389 e. The van der Waals surface area contributed by atoms with Crippen molar-refractivity contribution in [3.05, 3.63) is 0 Å². The average molecular weight is 342 g/mol. The van der Waals surface area contributed by atoms with E-state index in [1.54, 1.807) is 4.90 Å². The maximum Gasteiger partial charge on any atom is 0.222 e. The molecule has 0 spiro atoms. The summed E-state index contributed by atoms with van der Waals surface area (Å²) in [5.41, 5.74) is 0. The summed E-state index contributed by atoms with van der Waals surface area (Å²) in [6.45, 7) is 5.32. The number of ether oxygens (including phenoxy) is 2. The molecule has 2 aliphatic rings. The molecule has 0 aliphatic carbocycles. The number of rotatable bonds is 5. The van der Waals surface area contributed by atoms with Gasteiger partial charge in [0, 0.05) is 19.5 Å². The van der Waals surface area contributed by atoms with E-state index in [4.69, 9.17) is 9.47 Å². The quantitative estimate of drug-likeness (QED) is 0.757. The van der Waals surface area contributed by atoms with Crippen molar-refractivity contribution in [1.29, 1.82) is 0 Å². The molecule has 0 bridgehead atoms. The van der Waals surface area contributed by atoms with E-state index in [0.717, 1.165) is 19.3 Å². The van der Waals surface area contributed by atoms with E-state index in [0.29, 0.717) is 26.0 Å². The minimum atomic E-state index is -0.668. The first-order chi connectivity index (χ1) is 11.5. The summed E-state index contributed by atoms with van der Waals surface area (Å²) in [5.74, 6) is 0.0256. The van der Waals surface area contributed by atoms with Crippen LogP contribution in [0.25, 0.3) is 0 Å². The monoisotopic (exact) mass is 342 g/mol. The van der Waals surface area contributed by atoms with Gasteiger partial charge in [0.15, 0.2) is 0 Å². The van der Waals surface area contributed by atoms with Crippen LogP contribution in [0.1, 0.15) is 46.0 Å². The molecule has 2 heterocycles. The van der Waals surface area contributed by atoms with E-state index in [-0.39, 0.29) is 43.2 Å². The van der Waals surface area contributed by atoms with Crippen molar-refractivity contribution in [1.82, 2.24) is 10.2 Å². The molecule has 2 N–H and O–H groups in total. The Kier molecular flexibility index (Phi) is 7.45. The highest BCUT2D eigenvalue weighted by Crippen LogP contribution is 2.28. The van der Waals surface area contributed by atoms with Gasteiger partial charge in [0.05, 0.1) is 37.9 Å². The van der Waals surface area contributed by atoms with Crippen LogP contribution in [0.3, 0.4) is 0 Å². The lowest BCUT2D eigenvalue weighted by Gasteiger charge is -2.44. The van der Waals surface area contributed by atoms with E-state index >= 15 is 0 Å². The molecule has 2 amide bonds. The van der Waals surface area contributed by atoms with Crippen molar-refractivity contribution in [2.75, 3.05) is 26.3 Å². The fourth-order valence-corrected chi connectivity index (χ4v) is 3.37. The third kappa shape index (κ3) is 5.16. The zero-order chi connectivity index (χ0) is 17.5. The molecule has 7 nitrogen and oxygen atoms in total. The van der Waals surface area contributed by atoms with Crippen molar-refractivity contribution in [2.24, 2.45) is 0 Å². The second-order valence-electron chi connectivity index (χ2n) is 6.59. The van der Waals surface area contributed by atoms with Gasteiger partial charge in [-0.2, -0.15) is 0 Å². The normalized spacial score (nSPS) is 30.9. The molecule has 2 saturated heterocycles. The summed E-state index contributed by atoms with van der Waals surface area (Å²) in [6.07, 6.45) is 2.08. The standard InChI is InChI=1S/C17H30N2O5/c1-3-7-18-16(21)8-13-5-6-14-15(24-13)11-23-10-12(20)9-19(14)17(22)4-2/h12-15,20H,3-11H2,1-2H3,(H,18,21)/t12-,13+,14-,15+/m0/s1. The first kappa shape index (κ1) is 19.1. The minimum absolute atomic E-state index is 0.00368. The SMILES string of the molecule is CCCNC(=O)C[C@H]1CC[C@H]2[C@@H](COC[C@@H](O)CN2C(=O)CC)O1. The van der Waals surface area contributed by atoms with Crippen LogP contribution in [-0.4, -0.2) is 72.5 Å². The first-order valence-electron chi connectivity index (χ1n) is 9.02. The second kappa shape index (κ2) is 9.34. The Morgan fingerprint density at radius 1 is 1.25 bits per heavy atom. The fourth-order valence-electron chi connectivity index (χ4n) is 3.37. The number of aliphatic hydroxyl groups excluding tert-OH is 1. The highest BCUT2D eigenvalue weighted by molar-refractivity contribution is 5.77. The molecule has 0 aromatic rings. The van der Waals surface area contributed by atoms with Gasteiger partial charge in [-0.05, 0) is 19.3 Å². The Labute approximate surface area is 143 Å². The molecule has 24 heavy (non-hydrogen) atoms. The third-order valence-corrected chi connectivity index (χ3v) is 4.59. The van der Waals surface area contributed by atoms with Gasteiger partial charge < -0.3 is 24.8 Å². The van der Waals surface area contributed by atoms with E-state index < -0.39 is 6.10 Å². The molecule has 0 aromatic carbocycles. The lowest BCUT2D eigenvalue weighted by atomic mass is 9.94. The van der Waals surface area contributed by atoms with E-state index in [2.05, 4.69) is 5.32 Å². The lowest BCUT2D eigenvalue weighted by molar-refractivity contribution is -0.169. The second-order valence-corrected chi connectivity index (χ2v) is 6.59. The predicted molar refractivity (Wildman–Crippen MR) is 88.4 cm³/mol. The lowest BCUT2D eigenvalue weighted by Crippen LogP contribution is -2.57. The Bertz CT molecular complexity index is 431. The summed E-state index contributed by atoms with van der Waals surface area (Å²) in [6, 6.07) is -0.0950. The summed E-state index contributed by atoms with van der Waals surface area (Å²) in [5, 5.41) is 12.8. The Hall–Kier alpha value is -1.18. The van der Waals surface area contributed by atoms with Crippen LogP contribution in [0.2, 0.25) is 0 Å². The molecule has 0 saturated carbocycles. The van der Waals surface area contributed by atoms with Gasteiger partial charge in [-0.3, -0.25) is 9.59 Å². The molecule has 2 rings (SSSR count). The van der Waals surface area contributed by atoms with Gasteiger partial charge in [0.2, 0.25) is 11.8 Å². The smallest absolute Gasteiger partial charge is 0.222 e. The van der Waals surface area contributed by atoms with Crippen LogP contribution < -0.4 is 5.32 Å². The molecular weight excluding hydrogens is 312 g/mol. The topological polar surface area (TPSA) is 88.1 Å². The van der Waals surface area contributed by atoms with Crippen molar-refractivity contribution in [3.8, 4) is 0 Å². The Balaban J connectivity index is 1.98. The number of amides is 2. The molecule has 0 unspecified atom stereocenters.